The molecule has 21 heavy (non-hydrogen) atoms. The van der Waals surface area contributed by atoms with Crippen molar-refractivity contribution >= 4 is 10.9 Å². The molecule has 1 aromatic heterocycles. The van der Waals surface area contributed by atoms with E-state index in [9.17, 15) is 22.7 Å². The van der Waals surface area contributed by atoms with Crippen molar-refractivity contribution in [1.82, 2.24) is 4.57 Å². The largest absolute Gasteiger partial charge is 0.394 e. The van der Waals surface area contributed by atoms with Crippen LogP contribution in [-0.2, 0) is 4.74 Å². The minimum Gasteiger partial charge on any atom is -0.394 e. The van der Waals surface area contributed by atoms with Crippen LogP contribution in [0.3, 0.4) is 0 Å². The van der Waals surface area contributed by atoms with Gasteiger partial charge in [0.2, 0.25) is 0 Å². The molecule has 114 valence electrons. The maximum Gasteiger partial charge on any atom is 0.199 e. The number of hydrogen-bond acceptors (Lipinski definition) is 3. The van der Waals surface area contributed by atoms with Crippen LogP contribution >= 0.6 is 0 Å². The van der Waals surface area contributed by atoms with Crippen LogP contribution in [0.2, 0.25) is 0 Å². The molecule has 2 heterocycles. The highest BCUT2D eigenvalue weighted by atomic mass is 19.2. The Morgan fingerprint density at radius 1 is 1.14 bits per heavy atom. The highest BCUT2D eigenvalue weighted by Crippen LogP contribution is 2.35. The second kappa shape index (κ2) is 4.97. The zero-order chi connectivity index (χ0) is 15.3. The highest BCUT2D eigenvalue weighted by Gasteiger charge is 2.36. The van der Waals surface area contributed by atoms with Crippen LogP contribution < -0.4 is 0 Å². The van der Waals surface area contributed by atoms with Crippen molar-refractivity contribution in [3.8, 4) is 0 Å². The molecule has 0 unspecified atom stereocenters. The van der Waals surface area contributed by atoms with Crippen molar-refractivity contribution in [3.05, 3.63) is 35.5 Å². The van der Waals surface area contributed by atoms with Crippen molar-refractivity contribution in [1.29, 1.82) is 0 Å². The van der Waals surface area contributed by atoms with Crippen LogP contribution in [0.25, 0.3) is 10.9 Å². The lowest BCUT2D eigenvalue weighted by Gasteiger charge is -2.15. The molecule has 1 aromatic carbocycles. The van der Waals surface area contributed by atoms with Crippen molar-refractivity contribution < 1.29 is 32.5 Å². The van der Waals surface area contributed by atoms with Crippen LogP contribution in [0.4, 0.5) is 17.6 Å². The van der Waals surface area contributed by atoms with Gasteiger partial charge in [0, 0.05) is 18.0 Å². The number of benzene rings is 1. The van der Waals surface area contributed by atoms with Gasteiger partial charge in [-0.3, -0.25) is 0 Å². The number of fused-ring (bicyclic) bond motifs is 1. The van der Waals surface area contributed by atoms with Gasteiger partial charge in [0.15, 0.2) is 23.3 Å². The Balaban J connectivity index is 2.13. The number of hydrogen-bond donors (Lipinski definition) is 2. The Kier molecular flexibility index (Phi) is 3.39. The standard InChI is InChI=1S/C13H11F4NO3/c14-9-5-1-2-18(8-3-6(20)7(4-19)21-8)13(5)12(17)11(16)10(9)15/h1-2,6-8,19-20H,3-4H2/t6-,7+,8+/m0/s1. The highest BCUT2D eigenvalue weighted by molar-refractivity contribution is 5.82. The summed E-state index contributed by atoms with van der Waals surface area (Å²) in [6, 6.07) is 1.10. The normalized spacial score (nSPS) is 25.9. The quantitative estimate of drug-likeness (QED) is 0.506. The number of ether oxygens (including phenoxy) is 1. The summed E-state index contributed by atoms with van der Waals surface area (Å²) in [5.74, 6) is -6.80. The van der Waals surface area contributed by atoms with E-state index < -0.39 is 59.2 Å². The first-order chi connectivity index (χ1) is 9.95. The van der Waals surface area contributed by atoms with E-state index in [1.807, 2.05) is 0 Å². The smallest absolute Gasteiger partial charge is 0.199 e. The number of aromatic nitrogens is 1. The molecule has 0 radical (unpaired) electrons. The van der Waals surface area contributed by atoms with E-state index in [1.54, 1.807) is 0 Å². The fourth-order valence-electron chi connectivity index (χ4n) is 2.56. The average molecular weight is 305 g/mol. The third-order valence-electron chi connectivity index (χ3n) is 3.63. The molecule has 0 amide bonds. The van der Waals surface area contributed by atoms with E-state index in [-0.39, 0.29) is 6.42 Å². The molecular weight excluding hydrogens is 294 g/mol. The Labute approximate surface area is 116 Å². The molecule has 1 fully saturated rings. The number of nitrogens with zero attached hydrogens (tertiary/aromatic N) is 1. The van der Waals surface area contributed by atoms with Gasteiger partial charge in [-0.2, -0.15) is 0 Å². The Hall–Kier alpha value is -1.64. The van der Waals surface area contributed by atoms with Gasteiger partial charge in [-0.1, -0.05) is 0 Å². The van der Waals surface area contributed by atoms with Crippen LogP contribution in [0.1, 0.15) is 12.6 Å². The van der Waals surface area contributed by atoms with E-state index in [0.29, 0.717) is 0 Å². The predicted octanol–water partition coefficient (Wildman–Crippen LogP) is 1.84. The molecule has 0 bridgehead atoms. The molecular formula is C13H11F4NO3. The fourth-order valence-corrected chi connectivity index (χ4v) is 2.56. The fraction of sp³-hybridized carbons (Fsp3) is 0.385. The van der Waals surface area contributed by atoms with E-state index in [4.69, 9.17) is 9.84 Å². The first-order valence-corrected chi connectivity index (χ1v) is 6.22. The van der Waals surface area contributed by atoms with Crippen molar-refractivity contribution in [3.63, 3.8) is 0 Å². The number of rotatable bonds is 2. The summed E-state index contributed by atoms with van der Waals surface area (Å²) in [7, 11) is 0. The van der Waals surface area contributed by atoms with Gasteiger partial charge in [0.25, 0.3) is 0 Å². The molecule has 0 saturated carbocycles. The molecule has 2 N–H and O–H groups in total. The summed E-state index contributed by atoms with van der Waals surface area (Å²) in [6.45, 7) is -0.448. The van der Waals surface area contributed by atoms with E-state index in [0.717, 1.165) is 10.6 Å². The Morgan fingerprint density at radius 2 is 1.81 bits per heavy atom. The first-order valence-electron chi connectivity index (χ1n) is 6.22. The van der Waals surface area contributed by atoms with Crippen LogP contribution in [-0.4, -0.2) is 33.6 Å². The minimum absolute atomic E-state index is 0.00899. The molecule has 4 nitrogen and oxygen atoms in total. The maximum absolute atomic E-state index is 13.9. The van der Waals surface area contributed by atoms with Crippen LogP contribution in [0, 0.1) is 23.3 Å². The van der Waals surface area contributed by atoms with Gasteiger partial charge in [0.1, 0.15) is 12.3 Å². The predicted molar refractivity (Wildman–Crippen MR) is 63.4 cm³/mol. The molecule has 3 rings (SSSR count). The van der Waals surface area contributed by atoms with Gasteiger partial charge < -0.3 is 19.5 Å². The summed E-state index contributed by atoms with van der Waals surface area (Å²) in [5, 5.41) is 18.2. The van der Waals surface area contributed by atoms with E-state index in [1.165, 1.54) is 6.20 Å². The zero-order valence-electron chi connectivity index (χ0n) is 10.6. The molecule has 0 spiro atoms. The number of aliphatic hydroxyl groups is 2. The second-order valence-electron chi connectivity index (χ2n) is 4.86. The monoisotopic (exact) mass is 305 g/mol. The lowest BCUT2D eigenvalue weighted by molar-refractivity contribution is -0.0430. The van der Waals surface area contributed by atoms with Crippen LogP contribution in [0.15, 0.2) is 12.3 Å². The average Bonchev–Trinajstić information content (AvgIpc) is 3.06. The summed E-state index contributed by atoms with van der Waals surface area (Å²) in [4.78, 5) is 0. The molecule has 1 saturated heterocycles. The third-order valence-corrected chi connectivity index (χ3v) is 3.63. The maximum atomic E-state index is 13.9. The van der Waals surface area contributed by atoms with Crippen molar-refractivity contribution in [2.45, 2.75) is 24.9 Å². The SMILES string of the molecule is OC[C@H]1O[C@@H](n2ccc3c(F)c(F)c(F)c(F)c32)C[C@@H]1O. The lowest BCUT2D eigenvalue weighted by atomic mass is 10.2. The van der Waals surface area contributed by atoms with Gasteiger partial charge in [0.05, 0.1) is 18.2 Å². The van der Waals surface area contributed by atoms with E-state index in [2.05, 4.69) is 0 Å². The third kappa shape index (κ3) is 2.02. The van der Waals surface area contributed by atoms with Crippen LogP contribution in [0.5, 0.6) is 0 Å². The summed E-state index contributed by atoms with van der Waals surface area (Å²) < 4.78 is 60.4. The van der Waals surface area contributed by atoms with E-state index >= 15 is 0 Å². The zero-order valence-corrected chi connectivity index (χ0v) is 10.6. The lowest BCUT2D eigenvalue weighted by Crippen LogP contribution is -2.24. The topological polar surface area (TPSA) is 54.6 Å². The molecule has 8 heteroatoms. The Morgan fingerprint density at radius 3 is 2.43 bits per heavy atom. The molecule has 1 aliphatic heterocycles. The molecule has 0 aliphatic carbocycles. The Bertz CT molecular complexity index is 703. The minimum atomic E-state index is -1.91. The van der Waals surface area contributed by atoms with Gasteiger partial charge >= 0.3 is 0 Å². The van der Waals surface area contributed by atoms with Crippen molar-refractivity contribution in [2.75, 3.05) is 6.61 Å². The summed E-state index contributed by atoms with van der Waals surface area (Å²) in [5.41, 5.74) is -0.484. The van der Waals surface area contributed by atoms with Gasteiger partial charge in [-0.25, -0.2) is 17.6 Å². The number of halogens is 4. The molecule has 1 aliphatic rings. The van der Waals surface area contributed by atoms with Gasteiger partial charge in [-0.05, 0) is 6.07 Å². The summed E-state index contributed by atoms with van der Waals surface area (Å²) in [6.07, 6.45) is -1.54. The first kappa shape index (κ1) is 14.3. The van der Waals surface area contributed by atoms with Gasteiger partial charge in [-0.15, -0.1) is 0 Å². The summed E-state index contributed by atoms with van der Waals surface area (Å²) >= 11 is 0. The number of aliphatic hydroxyl groups excluding tert-OH is 2. The molecule has 2 aromatic rings. The molecule has 3 atom stereocenters. The second-order valence-corrected chi connectivity index (χ2v) is 4.86. The van der Waals surface area contributed by atoms with Crippen molar-refractivity contribution in [2.24, 2.45) is 0 Å².